The molecule has 0 heterocycles. The van der Waals surface area contributed by atoms with Crippen LogP contribution in [0.25, 0.3) is 0 Å². The van der Waals surface area contributed by atoms with E-state index in [2.05, 4.69) is 40.1 Å². The molecule has 0 atom stereocenters. The second-order valence-corrected chi connectivity index (χ2v) is 4.70. The average Bonchev–Trinajstić information content (AvgIpc) is 2.28. The molecule has 1 amide bonds. The highest BCUT2D eigenvalue weighted by Crippen LogP contribution is 2.16. The monoisotopic (exact) mass is 332 g/mol. The largest absolute Gasteiger partial charge is 0.375 e. The Morgan fingerprint density at radius 3 is 2.81 bits per heavy atom. The molecule has 0 aliphatic heterocycles. The van der Waals surface area contributed by atoms with Gasteiger partial charge in [-0.05, 0) is 41.1 Å². The number of rotatable bonds is 6. The Labute approximate surface area is 110 Å². The van der Waals surface area contributed by atoms with Gasteiger partial charge in [0.1, 0.15) is 0 Å². The Kier molecular flexibility index (Phi) is 6.22. The first-order chi connectivity index (χ1) is 7.74. The summed E-state index contributed by atoms with van der Waals surface area (Å²) in [5, 5.41) is 5.99. The van der Waals surface area contributed by atoms with Crippen LogP contribution in [0.15, 0.2) is 24.3 Å². The van der Waals surface area contributed by atoms with E-state index in [-0.39, 0.29) is 5.91 Å². The number of carbonyl (C=O) groups is 1. The molecule has 0 radical (unpaired) electrons. The Hall–Kier alpha value is -0.780. The zero-order chi connectivity index (χ0) is 11.8. The molecule has 0 fully saturated rings. The van der Waals surface area contributed by atoms with Crippen molar-refractivity contribution in [3.63, 3.8) is 0 Å². The number of halogens is 1. The van der Waals surface area contributed by atoms with Gasteiger partial charge in [-0.1, -0.05) is 25.5 Å². The number of hydrogen-bond donors (Lipinski definition) is 2. The van der Waals surface area contributed by atoms with Gasteiger partial charge in [0.2, 0.25) is 5.91 Å². The summed E-state index contributed by atoms with van der Waals surface area (Å²) >= 11 is 2.25. The lowest BCUT2D eigenvalue weighted by molar-refractivity contribution is -0.119. The van der Waals surface area contributed by atoms with Gasteiger partial charge in [-0.2, -0.15) is 0 Å². The van der Waals surface area contributed by atoms with Crippen LogP contribution in [0.2, 0.25) is 0 Å². The standard InChI is InChI=1S/C12H17IN2O/c1-2-3-8-14-12(16)9-15-11-7-5-4-6-10(11)13/h4-7,15H,2-3,8-9H2,1H3,(H,14,16). The van der Waals surface area contributed by atoms with Gasteiger partial charge in [0.25, 0.3) is 0 Å². The predicted molar refractivity (Wildman–Crippen MR) is 75.6 cm³/mol. The van der Waals surface area contributed by atoms with Crippen LogP contribution in [0.4, 0.5) is 5.69 Å². The fourth-order valence-electron chi connectivity index (χ4n) is 1.25. The Balaban J connectivity index is 2.29. The number of unbranched alkanes of at least 4 members (excludes halogenated alkanes) is 1. The van der Waals surface area contributed by atoms with E-state index in [1.54, 1.807) is 0 Å². The maximum Gasteiger partial charge on any atom is 0.239 e. The minimum atomic E-state index is 0.0492. The molecule has 1 aromatic rings. The quantitative estimate of drug-likeness (QED) is 0.621. The van der Waals surface area contributed by atoms with Gasteiger partial charge in [-0.3, -0.25) is 4.79 Å². The average molecular weight is 332 g/mol. The lowest BCUT2D eigenvalue weighted by atomic mass is 10.3. The Bertz CT molecular complexity index is 342. The van der Waals surface area contributed by atoms with Gasteiger partial charge >= 0.3 is 0 Å². The number of para-hydroxylation sites is 1. The summed E-state index contributed by atoms with van der Waals surface area (Å²) in [7, 11) is 0. The molecule has 3 nitrogen and oxygen atoms in total. The molecule has 0 saturated carbocycles. The van der Waals surface area contributed by atoms with E-state index in [0.29, 0.717) is 6.54 Å². The van der Waals surface area contributed by atoms with E-state index in [1.165, 1.54) is 0 Å². The van der Waals surface area contributed by atoms with Crippen LogP contribution in [0.3, 0.4) is 0 Å². The highest BCUT2D eigenvalue weighted by atomic mass is 127. The summed E-state index contributed by atoms with van der Waals surface area (Å²) in [6, 6.07) is 7.92. The minimum absolute atomic E-state index is 0.0492. The van der Waals surface area contributed by atoms with Crippen molar-refractivity contribution in [1.29, 1.82) is 0 Å². The van der Waals surface area contributed by atoms with Crippen LogP contribution in [-0.4, -0.2) is 19.0 Å². The molecule has 1 rings (SSSR count). The lowest BCUT2D eigenvalue weighted by Crippen LogP contribution is -2.30. The molecular weight excluding hydrogens is 315 g/mol. The summed E-state index contributed by atoms with van der Waals surface area (Å²) in [5.41, 5.74) is 1.01. The van der Waals surface area contributed by atoms with E-state index in [4.69, 9.17) is 0 Å². The van der Waals surface area contributed by atoms with Crippen molar-refractivity contribution in [1.82, 2.24) is 5.32 Å². The van der Waals surface area contributed by atoms with Crippen LogP contribution < -0.4 is 10.6 Å². The molecule has 16 heavy (non-hydrogen) atoms. The smallest absolute Gasteiger partial charge is 0.239 e. The first-order valence-corrected chi connectivity index (χ1v) is 6.57. The van der Waals surface area contributed by atoms with Gasteiger partial charge < -0.3 is 10.6 Å². The molecule has 0 aromatic heterocycles. The maximum atomic E-state index is 11.4. The SMILES string of the molecule is CCCCNC(=O)CNc1ccccc1I. The molecule has 1 aromatic carbocycles. The number of hydrogen-bond acceptors (Lipinski definition) is 2. The first-order valence-electron chi connectivity index (χ1n) is 5.49. The third-order valence-corrected chi connectivity index (χ3v) is 3.11. The number of amides is 1. The molecule has 0 spiro atoms. The first kappa shape index (κ1) is 13.3. The maximum absolute atomic E-state index is 11.4. The van der Waals surface area contributed by atoms with Crippen LogP contribution in [0, 0.1) is 3.57 Å². The minimum Gasteiger partial charge on any atom is -0.375 e. The van der Waals surface area contributed by atoms with E-state index in [9.17, 15) is 4.79 Å². The van der Waals surface area contributed by atoms with Gasteiger partial charge in [0, 0.05) is 15.8 Å². The van der Waals surface area contributed by atoms with Gasteiger partial charge in [0.05, 0.1) is 6.54 Å². The van der Waals surface area contributed by atoms with Crippen LogP contribution in [-0.2, 0) is 4.79 Å². The number of benzene rings is 1. The normalized spacial score (nSPS) is 9.88. The van der Waals surface area contributed by atoms with Gasteiger partial charge in [-0.15, -0.1) is 0 Å². The highest BCUT2D eigenvalue weighted by Gasteiger charge is 2.01. The van der Waals surface area contributed by atoms with Crippen molar-refractivity contribution < 1.29 is 4.79 Å². The lowest BCUT2D eigenvalue weighted by Gasteiger charge is -2.08. The Morgan fingerprint density at radius 2 is 2.12 bits per heavy atom. The number of carbonyl (C=O) groups excluding carboxylic acids is 1. The van der Waals surface area contributed by atoms with Crippen molar-refractivity contribution >= 4 is 34.2 Å². The van der Waals surface area contributed by atoms with E-state index >= 15 is 0 Å². The van der Waals surface area contributed by atoms with Crippen molar-refractivity contribution in [3.8, 4) is 0 Å². The zero-order valence-electron chi connectivity index (χ0n) is 9.42. The third-order valence-electron chi connectivity index (χ3n) is 2.17. The highest BCUT2D eigenvalue weighted by molar-refractivity contribution is 14.1. The van der Waals surface area contributed by atoms with Crippen molar-refractivity contribution in [2.45, 2.75) is 19.8 Å². The summed E-state index contributed by atoms with van der Waals surface area (Å²) in [4.78, 5) is 11.4. The summed E-state index contributed by atoms with van der Waals surface area (Å²) in [6.45, 7) is 3.21. The molecular formula is C12H17IN2O. The summed E-state index contributed by atoms with van der Waals surface area (Å²) in [6.07, 6.45) is 2.14. The third kappa shape index (κ3) is 4.83. The van der Waals surface area contributed by atoms with Crippen molar-refractivity contribution in [3.05, 3.63) is 27.8 Å². The predicted octanol–water partition coefficient (Wildman–Crippen LogP) is 2.62. The van der Waals surface area contributed by atoms with Crippen LogP contribution in [0.1, 0.15) is 19.8 Å². The Morgan fingerprint density at radius 1 is 1.38 bits per heavy atom. The van der Waals surface area contributed by atoms with Crippen molar-refractivity contribution in [2.75, 3.05) is 18.4 Å². The molecule has 4 heteroatoms. The molecule has 2 N–H and O–H groups in total. The summed E-state index contributed by atoms with van der Waals surface area (Å²) in [5.74, 6) is 0.0492. The fraction of sp³-hybridized carbons (Fsp3) is 0.417. The second-order valence-electron chi connectivity index (χ2n) is 3.54. The van der Waals surface area contributed by atoms with Crippen molar-refractivity contribution in [2.24, 2.45) is 0 Å². The van der Waals surface area contributed by atoms with E-state index in [1.807, 2.05) is 24.3 Å². The molecule has 88 valence electrons. The number of nitrogens with one attached hydrogen (secondary N) is 2. The van der Waals surface area contributed by atoms with Crippen LogP contribution in [0.5, 0.6) is 0 Å². The number of anilines is 1. The summed E-state index contributed by atoms with van der Waals surface area (Å²) < 4.78 is 1.13. The van der Waals surface area contributed by atoms with Gasteiger partial charge in [-0.25, -0.2) is 0 Å². The molecule has 0 aliphatic rings. The second kappa shape index (κ2) is 7.49. The molecule has 0 unspecified atom stereocenters. The zero-order valence-corrected chi connectivity index (χ0v) is 11.6. The molecule has 0 bridgehead atoms. The molecule has 0 aliphatic carbocycles. The fourth-order valence-corrected chi connectivity index (χ4v) is 1.83. The molecule has 0 saturated heterocycles. The van der Waals surface area contributed by atoms with Gasteiger partial charge in [0.15, 0.2) is 0 Å². The van der Waals surface area contributed by atoms with E-state index < -0.39 is 0 Å². The van der Waals surface area contributed by atoms with Crippen LogP contribution >= 0.6 is 22.6 Å². The topological polar surface area (TPSA) is 41.1 Å². The van der Waals surface area contributed by atoms with E-state index in [0.717, 1.165) is 28.6 Å².